The van der Waals surface area contributed by atoms with Gasteiger partial charge in [-0.3, -0.25) is 4.90 Å². The maximum absolute atomic E-state index is 14.1. The third-order valence-corrected chi connectivity index (χ3v) is 6.19. The predicted octanol–water partition coefficient (Wildman–Crippen LogP) is 6.62. The molecule has 4 heteroatoms. The summed E-state index contributed by atoms with van der Waals surface area (Å²) in [5.41, 5.74) is 4.18. The van der Waals surface area contributed by atoms with E-state index in [-0.39, 0.29) is 18.1 Å². The summed E-state index contributed by atoms with van der Waals surface area (Å²) in [6.07, 6.45) is 0. The third kappa shape index (κ3) is 4.08. The number of urea groups is 1. The molecule has 0 saturated carbocycles. The second-order valence-corrected chi connectivity index (χ2v) is 8.18. The number of rotatable bonds is 6. The molecule has 0 N–H and O–H groups in total. The first kappa shape index (κ1) is 20.8. The monoisotopic (exact) mass is 434 g/mol. The average Bonchev–Trinajstić information content (AvgIpc) is 3.17. The number of ether oxygens (including phenoxy) is 1. The molecule has 1 aliphatic heterocycles. The molecule has 4 nitrogen and oxygen atoms in total. The Balaban J connectivity index is 1.66. The second-order valence-electron chi connectivity index (χ2n) is 8.18. The molecule has 2 amide bonds. The van der Waals surface area contributed by atoms with Gasteiger partial charge in [0.1, 0.15) is 5.75 Å². The molecular formula is C29H26N2O2. The Morgan fingerprint density at radius 1 is 0.667 bits per heavy atom. The first-order chi connectivity index (χ1) is 16.3. The van der Waals surface area contributed by atoms with E-state index in [1.807, 2.05) is 88.7 Å². The van der Waals surface area contributed by atoms with Crippen LogP contribution >= 0.6 is 0 Å². The Morgan fingerprint density at radius 3 is 1.73 bits per heavy atom. The molecule has 1 heterocycles. The van der Waals surface area contributed by atoms with Gasteiger partial charge in [-0.25, -0.2) is 4.79 Å². The first-order valence-corrected chi connectivity index (χ1v) is 11.1. The van der Waals surface area contributed by atoms with E-state index in [1.54, 1.807) is 7.11 Å². The van der Waals surface area contributed by atoms with Crippen LogP contribution in [0.4, 0.5) is 10.5 Å². The summed E-state index contributed by atoms with van der Waals surface area (Å²) in [6.45, 7) is 0.537. The molecule has 5 rings (SSSR count). The minimum absolute atomic E-state index is 0.00766. The smallest absolute Gasteiger partial charge is 0.326 e. The van der Waals surface area contributed by atoms with E-state index < -0.39 is 0 Å². The summed E-state index contributed by atoms with van der Waals surface area (Å²) < 4.78 is 5.35. The molecule has 2 atom stereocenters. The molecule has 33 heavy (non-hydrogen) atoms. The van der Waals surface area contributed by atoms with Crippen molar-refractivity contribution in [2.75, 3.05) is 12.0 Å². The molecule has 0 unspecified atom stereocenters. The zero-order valence-corrected chi connectivity index (χ0v) is 18.5. The largest absolute Gasteiger partial charge is 0.497 e. The highest BCUT2D eigenvalue weighted by Gasteiger charge is 2.47. The van der Waals surface area contributed by atoms with Crippen LogP contribution in [0.1, 0.15) is 28.8 Å². The topological polar surface area (TPSA) is 32.8 Å². The van der Waals surface area contributed by atoms with Crippen molar-refractivity contribution in [3.05, 3.63) is 132 Å². The van der Waals surface area contributed by atoms with E-state index >= 15 is 0 Å². The van der Waals surface area contributed by atoms with Crippen LogP contribution < -0.4 is 9.64 Å². The van der Waals surface area contributed by atoms with Crippen molar-refractivity contribution in [2.24, 2.45) is 0 Å². The first-order valence-electron chi connectivity index (χ1n) is 11.1. The highest BCUT2D eigenvalue weighted by molar-refractivity contribution is 5.96. The molecular weight excluding hydrogens is 408 g/mol. The highest BCUT2D eigenvalue weighted by Crippen LogP contribution is 2.47. The van der Waals surface area contributed by atoms with Crippen LogP contribution in [0, 0.1) is 0 Å². The fourth-order valence-corrected chi connectivity index (χ4v) is 4.64. The van der Waals surface area contributed by atoms with Crippen molar-refractivity contribution in [3.63, 3.8) is 0 Å². The minimum atomic E-state index is -0.168. The number of hydrogen-bond acceptors (Lipinski definition) is 2. The Kier molecular flexibility index (Phi) is 5.81. The van der Waals surface area contributed by atoms with E-state index in [1.165, 1.54) is 0 Å². The molecule has 1 saturated heterocycles. The van der Waals surface area contributed by atoms with E-state index in [2.05, 4.69) is 36.4 Å². The van der Waals surface area contributed by atoms with Crippen LogP contribution in [-0.2, 0) is 6.54 Å². The van der Waals surface area contributed by atoms with Gasteiger partial charge >= 0.3 is 6.03 Å². The lowest BCUT2D eigenvalue weighted by Crippen LogP contribution is -2.32. The number of nitrogens with zero attached hydrogens (tertiary/aromatic N) is 2. The Hall–Kier alpha value is -4.05. The van der Waals surface area contributed by atoms with Gasteiger partial charge in [-0.15, -0.1) is 0 Å². The lowest BCUT2D eigenvalue weighted by molar-refractivity contribution is 0.200. The van der Waals surface area contributed by atoms with Crippen molar-refractivity contribution in [3.8, 4) is 5.75 Å². The molecule has 0 aliphatic carbocycles. The molecule has 0 aromatic heterocycles. The van der Waals surface area contributed by atoms with Gasteiger partial charge in [-0.2, -0.15) is 0 Å². The lowest BCUT2D eigenvalue weighted by Gasteiger charge is -2.29. The molecule has 0 radical (unpaired) electrons. The average molecular weight is 435 g/mol. The lowest BCUT2D eigenvalue weighted by atomic mass is 9.92. The second kappa shape index (κ2) is 9.21. The normalized spacial score (nSPS) is 17.9. The van der Waals surface area contributed by atoms with E-state index in [4.69, 9.17) is 4.74 Å². The summed E-state index contributed by atoms with van der Waals surface area (Å²) in [7, 11) is 1.65. The predicted molar refractivity (Wildman–Crippen MR) is 131 cm³/mol. The number of amides is 2. The van der Waals surface area contributed by atoms with Crippen molar-refractivity contribution in [1.29, 1.82) is 0 Å². The Labute approximate surface area is 194 Å². The van der Waals surface area contributed by atoms with Crippen LogP contribution in [0.3, 0.4) is 0 Å². The number of hydrogen-bond donors (Lipinski definition) is 0. The van der Waals surface area contributed by atoms with E-state index in [9.17, 15) is 4.79 Å². The molecule has 0 spiro atoms. The SMILES string of the molecule is COc1ccc(N2C(=O)N(Cc3ccccc3)[C@@H](c3ccccc3)[C@@H]2c2ccccc2)cc1. The maximum Gasteiger partial charge on any atom is 0.326 e. The summed E-state index contributed by atoms with van der Waals surface area (Å²) in [5, 5.41) is 0. The van der Waals surface area contributed by atoms with Gasteiger partial charge < -0.3 is 9.64 Å². The summed E-state index contributed by atoms with van der Waals surface area (Å²) >= 11 is 0. The molecule has 4 aromatic carbocycles. The zero-order valence-electron chi connectivity index (χ0n) is 18.5. The fraction of sp³-hybridized carbons (Fsp3) is 0.138. The zero-order chi connectivity index (χ0) is 22.6. The van der Waals surface area contributed by atoms with Crippen LogP contribution in [0.5, 0.6) is 5.75 Å². The summed E-state index contributed by atoms with van der Waals surface area (Å²) in [4.78, 5) is 18.0. The van der Waals surface area contributed by atoms with E-state index in [0.29, 0.717) is 6.54 Å². The molecule has 4 aromatic rings. The van der Waals surface area contributed by atoms with Gasteiger partial charge in [0.15, 0.2) is 0 Å². The fourth-order valence-electron chi connectivity index (χ4n) is 4.64. The molecule has 1 aliphatic rings. The van der Waals surface area contributed by atoms with Crippen LogP contribution in [0.2, 0.25) is 0 Å². The van der Waals surface area contributed by atoms with Gasteiger partial charge in [0, 0.05) is 12.2 Å². The standard InChI is InChI=1S/C29H26N2O2/c1-33-26-19-17-25(18-20-26)31-28(24-15-9-4-10-16-24)27(23-13-7-3-8-14-23)30(29(31)32)21-22-11-5-2-6-12-22/h2-20,27-28H,21H2,1H3/t27-,28-/m0/s1. The van der Waals surface area contributed by atoms with Gasteiger partial charge in [0.05, 0.1) is 19.2 Å². The van der Waals surface area contributed by atoms with Crippen LogP contribution in [0.25, 0.3) is 0 Å². The van der Waals surface area contributed by atoms with Crippen molar-refractivity contribution in [2.45, 2.75) is 18.6 Å². The molecule has 1 fully saturated rings. The summed E-state index contributed by atoms with van der Waals surface area (Å²) in [5.74, 6) is 0.766. The third-order valence-electron chi connectivity index (χ3n) is 6.19. The van der Waals surface area contributed by atoms with Gasteiger partial charge in [0.2, 0.25) is 0 Å². The van der Waals surface area contributed by atoms with Crippen LogP contribution in [0.15, 0.2) is 115 Å². The number of anilines is 1. The number of carbonyl (C=O) groups excluding carboxylic acids is 1. The maximum atomic E-state index is 14.1. The quantitative estimate of drug-likeness (QED) is 0.342. The number of benzene rings is 4. The summed E-state index contributed by atoms with van der Waals surface area (Å²) in [6, 6.07) is 38.2. The highest BCUT2D eigenvalue weighted by atomic mass is 16.5. The van der Waals surface area contributed by atoms with Crippen molar-refractivity contribution >= 4 is 11.7 Å². The Morgan fingerprint density at radius 2 is 1.18 bits per heavy atom. The van der Waals surface area contributed by atoms with Crippen molar-refractivity contribution < 1.29 is 9.53 Å². The van der Waals surface area contributed by atoms with Gasteiger partial charge in [-0.05, 0) is 41.0 Å². The van der Waals surface area contributed by atoms with Gasteiger partial charge in [0.25, 0.3) is 0 Å². The minimum Gasteiger partial charge on any atom is -0.497 e. The number of methoxy groups -OCH3 is 1. The molecule has 0 bridgehead atoms. The van der Waals surface area contributed by atoms with E-state index in [0.717, 1.165) is 28.1 Å². The van der Waals surface area contributed by atoms with Gasteiger partial charge in [-0.1, -0.05) is 91.0 Å². The Bertz CT molecular complexity index is 1190. The van der Waals surface area contributed by atoms with Crippen LogP contribution in [-0.4, -0.2) is 18.0 Å². The van der Waals surface area contributed by atoms with Crippen molar-refractivity contribution in [1.82, 2.24) is 4.90 Å². The number of carbonyl (C=O) groups is 1. The molecule has 164 valence electrons.